The fourth-order valence-electron chi connectivity index (χ4n) is 1.87. The number of imidazole rings is 1. The first-order chi connectivity index (χ1) is 8.79. The largest absolute Gasteiger partial charge is 0.333 e. The third-order valence-corrected chi connectivity index (χ3v) is 3.06. The van der Waals surface area contributed by atoms with E-state index in [0.717, 1.165) is 31.1 Å². The molecule has 0 saturated carbocycles. The van der Waals surface area contributed by atoms with Crippen molar-refractivity contribution in [3.63, 3.8) is 0 Å². The van der Waals surface area contributed by atoms with Crippen LogP contribution in [0.1, 0.15) is 24.6 Å². The third-order valence-electron chi connectivity index (χ3n) is 2.81. The highest BCUT2D eigenvalue weighted by Crippen LogP contribution is 2.09. The van der Waals surface area contributed by atoms with Crippen molar-refractivity contribution in [2.75, 3.05) is 0 Å². The Hall–Kier alpha value is -1.32. The summed E-state index contributed by atoms with van der Waals surface area (Å²) in [5.41, 5.74) is 2.46. The molecule has 1 aromatic heterocycles. The van der Waals surface area contributed by atoms with Crippen LogP contribution in [-0.4, -0.2) is 9.55 Å². The zero-order chi connectivity index (χ0) is 12.8. The zero-order valence-electron chi connectivity index (χ0n) is 10.6. The van der Waals surface area contributed by atoms with E-state index in [4.69, 9.17) is 11.6 Å². The summed E-state index contributed by atoms with van der Waals surface area (Å²) in [6.07, 6.45) is 4.94. The van der Waals surface area contributed by atoms with Crippen molar-refractivity contribution in [1.82, 2.24) is 14.9 Å². The van der Waals surface area contributed by atoms with Gasteiger partial charge in [0.25, 0.3) is 0 Å². The predicted octanol–water partition coefficient (Wildman–Crippen LogP) is 3.24. The fraction of sp³-hybridized carbons (Fsp3) is 0.357. The number of rotatable bonds is 6. The van der Waals surface area contributed by atoms with Crippen LogP contribution in [0.3, 0.4) is 0 Å². The normalized spacial score (nSPS) is 10.8. The van der Waals surface area contributed by atoms with Crippen LogP contribution >= 0.6 is 11.6 Å². The maximum Gasteiger partial charge on any atom is 0.0948 e. The van der Waals surface area contributed by atoms with E-state index in [2.05, 4.69) is 21.8 Å². The van der Waals surface area contributed by atoms with Gasteiger partial charge in [-0.25, -0.2) is 4.98 Å². The molecule has 0 aliphatic rings. The molecule has 0 radical (unpaired) electrons. The molecule has 0 aliphatic carbocycles. The van der Waals surface area contributed by atoms with Gasteiger partial charge in [0.1, 0.15) is 0 Å². The molecule has 0 amide bonds. The number of aromatic nitrogens is 2. The number of hydrogen-bond acceptors (Lipinski definition) is 2. The van der Waals surface area contributed by atoms with Crippen LogP contribution in [0.4, 0.5) is 0 Å². The second-order valence-electron chi connectivity index (χ2n) is 4.31. The Kier molecular flexibility index (Phi) is 4.79. The van der Waals surface area contributed by atoms with Gasteiger partial charge in [-0.3, -0.25) is 0 Å². The maximum absolute atomic E-state index is 5.85. The van der Waals surface area contributed by atoms with E-state index in [9.17, 15) is 0 Å². The number of nitrogens with zero attached hydrogens (tertiary/aromatic N) is 2. The summed E-state index contributed by atoms with van der Waals surface area (Å²) in [5, 5.41) is 4.20. The van der Waals surface area contributed by atoms with E-state index < -0.39 is 0 Å². The number of halogens is 1. The summed E-state index contributed by atoms with van der Waals surface area (Å²) >= 11 is 5.85. The number of nitrogens with one attached hydrogen (secondary N) is 1. The van der Waals surface area contributed by atoms with Crippen molar-refractivity contribution >= 4 is 11.6 Å². The van der Waals surface area contributed by atoms with Gasteiger partial charge in [0.05, 0.1) is 12.0 Å². The number of aryl methyl sites for hydroxylation is 1. The van der Waals surface area contributed by atoms with E-state index in [1.54, 1.807) is 0 Å². The molecule has 96 valence electrons. The average molecular weight is 264 g/mol. The Balaban J connectivity index is 1.84. The van der Waals surface area contributed by atoms with Crippen LogP contribution in [-0.2, 0) is 19.6 Å². The Morgan fingerprint density at radius 1 is 1.22 bits per heavy atom. The highest BCUT2D eigenvalue weighted by atomic mass is 35.5. The van der Waals surface area contributed by atoms with Gasteiger partial charge in [-0.05, 0) is 24.1 Å². The molecule has 0 saturated heterocycles. The van der Waals surface area contributed by atoms with E-state index in [0.29, 0.717) is 0 Å². The van der Waals surface area contributed by atoms with Crippen LogP contribution in [0.15, 0.2) is 36.8 Å². The van der Waals surface area contributed by atoms with Crippen LogP contribution < -0.4 is 5.32 Å². The smallest absolute Gasteiger partial charge is 0.0948 e. The van der Waals surface area contributed by atoms with E-state index >= 15 is 0 Å². The van der Waals surface area contributed by atoms with Crippen molar-refractivity contribution in [2.24, 2.45) is 0 Å². The van der Waals surface area contributed by atoms with Gasteiger partial charge in [-0.1, -0.05) is 30.7 Å². The molecule has 1 heterocycles. The summed E-state index contributed by atoms with van der Waals surface area (Å²) in [4.78, 5) is 4.18. The Morgan fingerprint density at radius 3 is 2.72 bits per heavy atom. The van der Waals surface area contributed by atoms with E-state index in [1.165, 1.54) is 11.3 Å². The number of benzene rings is 1. The van der Waals surface area contributed by atoms with E-state index in [-0.39, 0.29) is 0 Å². The minimum Gasteiger partial charge on any atom is -0.333 e. The lowest BCUT2D eigenvalue weighted by Crippen LogP contribution is -2.15. The van der Waals surface area contributed by atoms with E-state index in [1.807, 2.05) is 36.8 Å². The zero-order valence-corrected chi connectivity index (χ0v) is 11.3. The topological polar surface area (TPSA) is 29.9 Å². The summed E-state index contributed by atoms with van der Waals surface area (Å²) in [7, 11) is 0. The molecule has 0 spiro atoms. The lowest BCUT2D eigenvalue weighted by atomic mass is 10.2. The van der Waals surface area contributed by atoms with Gasteiger partial charge < -0.3 is 9.88 Å². The molecule has 18 heavy (non-hydrogen) atoms. The molecule has 1 aromatic carbocycles. The van der Waals surface area contributed by atoms with Crippen molar-refractivity contribution in [1.29, 1.82) is 0 Å². The number of hydrogen-bond donors (Lipinski definition) is 1. The Morgan fingerprint density at radius 2 is 2.00 bits per heavy atom. The SMILES string of the molecule is CCCn1cncc1CNCc1ccc(Cl)cc1. The molecule has 0 unspecified atom stereocenters. The highest BCUT2D eigenvalue weighted by Gasteiger charge is 2.00. The predicted molar refractivity (Wildman–Crippen MR) is 74.5 cm³/mol. The van der Waals surface area contributed by atoms with Crippen LogP contribution in [0.5, 0.6) is 0 Å². The first-order valence-corrected chi connectivity index (χ1v) is 6.61. The van der Waals surface area contributed by atoms with Gasteiger partial charge >= 0.3 is 0 Å². The lowest BCUT2D eigenvalue weighted by Gasteiger charge is -2.08. The van der Waals surface area contributed by atoms with Gasteiger partial charge in [-0.15, -0.1) is 0 Å². The quantitative estimate of drug-likeness (QED) is 0.867. The summed E-state index contributed by atoms with van der Waals surface area (Å²) in [6.45, 7) is 4.87. The Bertz CT molecular complexity index is 476. The first-order valence-electron chi connectivity index (χ1n) is 6.23. The maximum atomic E-state index is 5.85. The van der Waals surface area contributed by atoms with Crippen molar-refractivity contribution in [2.45, 2.75) is 33.0 Å². The minimum absolute atomic E-state index is 0.778. The van der Waals surface area contributed by atoms with Gasteiger partial charge in [-0.2, -0.15) is 0 Å². The fourth-order valence-corrected chi connectivity index (χ4v) is 2.00. The van der Waals surface area contributed by atoms with Crippen LogP contribution in [0.2, 0.25) is 5.02 Å². The molecule has 4 heteroatoms. The highest BCUT2D eigenvalue weighted by molar-refractivity contribution is 6.30. The second-order valence-corrected chi connectivity index (χ2v) is 4.74. The van der Waals surface area contributed by atoms with Crippen molar-refractivity contribution < 1.29 is 0 Å². The second kappa shape index (κ2) is 6.57. The lowest BCUT2D eigenvalue weighted by molar-refractivity contribution is 0.601. The summed E-state index contributed by atoms with van der Waals surface area (Å²) in [5.74, 6) is 0. The Labute approximate surface area is 113 Å². The standard InChI is InChI=1S/C14H18ClN3/c1-2-7-18-11-17-10-14(18)9-16-8-12-3-5-13(15)6-4-12/h3-6,10-11,16H,2,7-9H2,1H3. The molecule has 0 aliphatic heterocycles. The van der Waals surface area contributed by atoms with Gasteiger partial charge in [0.15, 0.2) is 0 Å². The minimum atomic E-state index is 0.778. The van der Waals surface area contributed by atoms with Gasteiger partial charge in [0.2, 0.25) is 0 Å². The summed E-state index contributed by atoms with van der Waals surface area (Å²) in [6, 6.07) is 7.91. The molecule has 1 N–H and O–H groups in total. The average Bonchev–Trinajstić information content (AvgIpc) is 2.80. The van der Waals surface area contributed by atoms with Gasteiger partial charge in [0, 0.05) is 30.9 Å². The molecule has 0 bridgehead atoms. The molecule has 2 aromatic rings. The third kappa shape index (κ3) is 3.59. The first kappa shape index (κ1) is 13.1. The summed E-state index contributed by atoms with van der Waals surface area (Å²) < 4.78 is 2.19. The van der Waals surface area contributed by atoms with Crippen LogP contribution in [0.25, 0.3) is 0 Å². The molecule has 0 fully saturated rings. The molecule has 3 nitrogen and oxygen atoms in total. The monoisotopic (exact) mass is 263 g/mol. The van der Waals surface area contributed by atoms with Crippen molar-refractivity contribution in [3.8, 4) is 0 Å². The molecule has 0 atom stereocenters. The van der Waals surface area contributed by atoms with Crippen LogP contribution in [0, 0.1) is 0 Å². The molecular formula is C14H18ClN3. The molecule has 2 rings (SSSR count). The van der Waals surface area contributed by atoms with Crippen molar-refractivity contribution in [3.05, 3.63) is 53.1 Å². The molecular weight excluding hydrogens is 246 g/mol.